The Morgan fingerprint density at radius 2 is 1.22 bits per heavy atom. The highest BCUT2D eigenvalue weighted by Gasteiger charge is 2.58. The van der Waals surface area contributed by atoms with Crippen LogP contribution < -0.4 is 0 Å². The molecule has 0 spiro atoms. The second-order valence-corrected chi connectivity index (χ2v) is 8.36. The maximum Gasteiger partial charge on any atom is 0.340 e. The van der Waals surface area contributed by atoms with Crippen molar-refractivity contribution in [1.29, 1.82) is 0 Å². The summed E-state index contributed by atoms with van der Waals surface area (Å²) in [4.78, 5) is 38.2. The van der Waals surface area contributed by atoms with Crippen molar-refractivity contribution >= 4 is 17.9 Å². The molecule has 0 N–H and O–H groups in total. The Morgan fingerprint density at radius 3 is 1.69 bits per heavy atom. The molecule has 4 atom stereocenters. The highest BCUT2D eigenvalue weighted by molar-refractivity contribution is 5.90. The van der Waals surface area contributed by atoms with Gasteiger partial charge < -0.3 is 18.9 Å². The maximum atomic E-state index is 12.9. The van der Waals surface area contributed by atoms with E-state index in [1.165, 1.54) is 0 Å². The van der Waals surface area contributed by atoms with Gasteiger partial charge in [0.2, 0.25) is 6.29 Å². The fraction of sp³-hybridized carbons (Fsp3) is 0.207. The molecule has 0 amide bonds. The normalized spacial score (nSPS) is 22.7. The van der Waals surface area contributed by atoms with Gasteiger partial charge >= 0.3 is 17.9 Å². The average molecular weight is 485 g/mol. The molecule has 1 aliphatic heterocycles. The van der Waals surface area contributed by atoms with E-state index in [0.717, 1.165) is 0 Å². The first kappa shape index (κ1) is 24.7. The molecule has 1 fully saturated rings. The second-order valence-electron chi connectivity index (χ2n) is 8.36. The van der Waals surface area contributed by atoms with Gasteiger partial charge in [-0.1, -0.05) is 60.5 Å². The van der Waals surface area contributed by atoms with Crippen molar-refractivity contribution in [3.8, 4) is 12.3 Å². The fourth-order valence-corrected chi connectivity index (χ4v) is 3.83. The third kappa shape index (κ3) is 5.29. The summed E-state index contributed by atoms with van der Waals surface area (Å²) in [5.74, 6) is 0.705. The lowest BCUT2D eigenvalue weighted by molar-refractivity contribution is -0.134. The SMILES string of the molecule is C#C[C@@]1(C)C(OC(=O)c2ccccc2)O[C@H](COC(=O)c2ccccc2)[C@H]1OC(=O)c1ccccc1. The summed E-state index contributed by atoms with van der Waals surface area (Å²) in [5.41, 5.74) is -0.405. The van der Waals surface area contributed by atoms with Crippen molar-refractivity contribution in [2.75, 3.05) is 6.61 Å². The molecule has 1 heterocycles. The Hall–Kier alpha value is -4.41. The molecule has 0 saturated carbocycles. The van der Waals surface area contributed by atoms with Gasteiger partial charge in [-0.3, -0.25) is 0 Å². The van der Waals surface area contributed by atoms with E-state index in [1.807, 2.05) is 0 Å². The quantitative estimate of drug-likeness (QED) is 0.281. The number of benzene rings is 3. The number of carbonyl (C=O) groups is 3. The molecule has 3 aromatic rings. The number of hydrogen-bond donors (Lipinski definition) is 0. The lowest BCUT2D eigenvalue weighted by atomic mass is 9.84. The Balaban J connectivity index is 1.57. The first-order valence-electron chi connectivity index (χ1n) is 11.3. The molecular weight excluding hydrogens is 460 g/mol. The first-order valence-corrected chi connectivity index (χ1v) is 11.3. The molecule has 3 aromatic carbocycles. The van der Waals surface area contributed by atoms with Gasteiger partial charge in [-0.05, 0) is 43.3 Å². The summed E-state index contributed by atoms with van der Waals surface area (Å²) in [7, 11) is 0. The number of hydrogen-bond acceptors (Lipinski definition) is 7. The minimum absolute atomic E-state index is 0.281. The van der Waals surface area contributed by atoms with Crippen LogP contribution in [0.2, 0.25) is 0 Å². The van der Waals surface area contributed by atoms with Gasteiger partial charge in [0.1, 0.15) is 18.1 Å². The van der Waals surface area contributed by atoms with Crippen molar-refractivity contribution in [2.24, 2.45) is 5.41 Å². The van der Waals surface area contributed by atoms with Crippen molar-refractivity contribution < 1.29 is 33.3 Å². The molecule has 1 unspecified atom stereocenters. The Labute approximate surface area is 208 Å². The highest BCUT2D eigenvalue weighted by Crippen LogP contribution is 2.42. The summed E-state index contributed by atoms with van der Waals surface area (Å²) in [6.07, 6.45) is 2.54. The molecule has 0 aromatic heterocycles. The Kier molecular flexibility index (Phi) is 7.47. The van der Waals surface area contributed by atoms with E-state index < -0.39 is 41.8 Å². The maximum absolute atomic E-state index is 12.9. The third-order valence-electron chi connectivity index (χ3n) is 5.88. The van der Waals surface area contributed by atoms with Crippen molar-refractivity contribution in [3.05, 3.63) is 108 Å². The predicted molar refractivity (Wildman–Crippen MR) is 130 cm³/mol. The van der Waals surface area contributed by atoms with Crippen LogP contribution in [0.5, 0.6) is 0 Å². The predicted octanol–water partition coefficient (Wildman–Crippen LogP) is 4.29. The van der Waals surface area contributed by atoms with Gasteiger partial charge in [-0.2, -0.15) is 0 Å². The highest BCUT2D eigenvalue weighted by atomic mass is 16.7. The first-order chi connectivity index (χ1) is 17.4. The van der Waals surface area contributed by atoms with E-state index in [-0.39, 0.29) is 6.61 Å². The van der Waals surface area contributed by atoms with Crippen LogP contribution in [0.15, 0.2) is 91.0 Å². The van der Waals surface area contributed by atoms with E-state index >= 15 is 0 Å². The molecule has 0 bridgehead atoms. The van der Waals surface area contributed by atoms with Crippen LogP contribution in [0, 0.1) is 17.8 Å². The molecule has 1 aliphatic rings. The van der Waals surface area contributed by atoms with E-state index in [0.29, 0.717) is 16.7 Å². The van der Waals surface area contributed by atoms with Crippen LogP contribution in [-0.4, -0.2) is 43.0 Å². The summed E-state index contributed by atoms with van der Waals surface area (Å²) in [6, 6.07) is 25.1. The summed E-state index contributed by atoms with van der Waals surface area (Å²) < 4.78 is 22.8. The molecule has 0 radical (unpaired) electrons. The topological polar surface area (TPSA) is 88.1 Å². The van der Waals surface area contributed by atoms with Crippen LogP contribution in [-0.2, 0) is 18.9 Å². The van der Waals surface area contributed by atoms with Crippen molar-refractivity contribution in [3.63, 3.8) is 0 Å². The van der Waals surface area contributed by atoms with E-state index in [2.05, 4.69) is 5.92 Å². The van der Waals surface area contributed by atoms with Gasteiger partial charge in [-0.25, -0.2) is 14.4 Å². The Bertz CT molecular complexity index is 1250. The van der Waals surface area contributed by atoms with Gasteiger partial charge in [-0.15, -0.1) is 6.42 Å². The lowest BCUT2D eigenvalue weighted by Crippen LogP contribution is -2.43. The van der Waals surface area contributed by atoms with Gasteiger partial charge in [0, 0.05) is 0 Å². The molecule has 7 nitrogen and oxygen atoms in total. The van der Waals surface area contributed by atoms with E-state index in [9.17, 15) is 14.4 Å². The standard InChI is InChI=1S/C29H24O7/c1-3-29(2)24(35-26(31)21-15-9-5-10-16-21)23(19-33-25(30)20-13-7-4-8-14-20)34-28(29)36-27(32)22-17-11-6-12-18-22/h1,4-18,23-24,28H,19H2,2H3/t23-,24-,28?,29-/m1/s1. The van der Waals surface area contributed by atoms with Crippen LogP contribution in [0.25, 0.3) is 0 Å². The van der Waals surface area contributed by atoms with Crippen molar-refractivity contribution in [1.82, 2.24) is 0 Å². The van der Waals surface area contributed by atoms with Gasteiger partial charge in [0.25, 0.3) is 0 Å². The number of ether oxygens (including phenoxy) is 4. The average Bonchev–Trinajstić information content (AvgIpc) is 3.19. The number of terminal acetylenes is 1. The monoisotopic (exact) mass is 484 g/mol. The molecule has 1 saturated heterocycles. The molecule has 7 heteroatoms. The zero-order valence-electron chi connectivity index (χ0n) is 19.5. The minimum atomic E-state index is -1.36. The van der Waals surface area contributed by atoms with E-state index in [4.69, 9.17) is 25.4 Å². The van der Waals surface area contributed by atoms with Crippen LogP contribution >= 0.6 is 0 Å². The third-order valence-corrected chi connectivity index (χ3v) is 5.88. The number of esters is 3. The molecular formula is C29H24O7. The van der Waals surface area contributed by atoms with Crippen LogP contribution in [0.4, 0.5) is 0 Å². The summed E-state index contributed by atoms with van der Waals surface area (Å²) in [5, 5.41) is 0. The van der Waals surface area contributed by atoms with Crippen LogP contribution in [0.3, 0.4) is 0 Å². The number of rotatable bonds is 7. The minimum Gasteiger partial charge on any atom is -0.459 e. The van der Waals surface area contributed by atoms with E-state index in [1.54, 1.807) is 97.9 Å². The fourth-order valence-electron chi connectivity index (χ4n) is 3.83. The van der Waals surface area contributed by atoms with Crippen LogP contribution in [0.1, 0.15) is 38.0 Å². The zero-order chi connectivity index (χ0) is 25.5. The molecule has 0 aliphatic carbocycles. The van der Waals surface area contributed by atoms with Gasteiger partial charge in [0.05, 0.1) is 16.7 Å². The van der Waals surface area contributed by atoms with Crippen molar-refractivity contribution in [2.45, 2.75) is 25.4 Å². The zero-order valence-corrected chi connectivity index (χ0v) is 19.5. The van der Waals surface area contributed by atoms with Gasteiger partial charge in [0.15, 0.2) is 6.10 Å². The molecule has 182 valence electrons. The Morgan fingerprint density at radius 1 is 0.778 bits per heavy atom. The summed E-state index contributed by atoms with van der Waals surface area (Å²) in [6.45, 7) is 1.31. The largest absolute Gasteiger partial charge is 0.459 e. The molecule has 36 heavy (non-hydrogen) atoms. The lowest BCUT2D eigenvalue weighted by Gasteiger charge is -2.29. The smallest absolute Gasteiger partial charge is 0.340 e. The molecule has 4 rings (SSSR count). The summed E-state index contributed by atoms with van der Waals surface area (Å²) >= 11 is 0. The number of carbonyl (C=O) groups excluding carboxylic acids is 3. The second kappa shape index (κ2) is 10.9.